The van der Waals surface area contributed by atoms with Gasteiger partial charge in [0.05, 0.1) is 5.41 Å². The van der Waals surface area contributed by atoms with Crippen LogP contribution in [0.15, 0.2) is 0 Å². The topological polar surface area (TPSA) is 58.4 Å². The average molecular weight is 312 g/mol. The van der Waals surface area contributed by atoms with Crippen molar-refractivity contribution in [3.8, 4) is 0 Å². The molecule has 0 aromatic rings. The van der Waals surface area contributed by atoms with Crippen LogP contribution in [0.5, 0.6) is 0 Å². The van der Waals surface area contributed by atoms with Gasteiger partial charge < -0.3 is 16.0 Å². The second-order valence-electron chi connectivity index (χ2n) is 5.66. The minimum atomic E-state index is -0.252. The fraction of sp³-hybridized carbons (Fsp3) is 0.923. The molecular weight excluding hydrogens is 285 g/mol. The Labute approximate surface area is 128 Å². The first-order chi connectivity index (χ1) is 8.18. The van der Waals surface area contributed by atoms with Crippen molar-refractivity contribution < 1.29 is 4.79 Å². The summed E-state index contributed by atoms with van der Waals surface area (Å²) in [5, 5.41) is 3.07. The van der Waals surface area contributed by atoms with Gasteiger partial charge in [0, 0.05) is 25.7 Å². The normalized spacial score (nSPS) is 20.6. The molecular formula is C13H27Cl2N3O. The second kappa shape index (κ2) is 8.30. The molecule has 1 amide bonds. The quantitative estimate of drug-likeness (QED) is 0.782. The highest BCUT2D eigenvalue weighted by molar-refractivity contribution is 5.85. The highest BCUT2D eigenvalue weighted by Crippen LogP contribution is 2.37. The number of likely N-dealkylation sites (N-methyl/N-ethyl adjacent to an activating group) is 1. The molecule has 0 heterocycles. The Hall–Kier alpha value is -0.0300. The van der Waals surface area contributed by atoms with Crippen molar-refractivity contribution in [3.05, 3.63) is 0 Å². The molecule has 6 heteroatoms. The molecule has 2 rings (SSSR count). The summed E-state index contributed by atoms with van der Waals surface area (Å²) in [6, 6.07) is 0.766. The van der Waals surface area contributed by atoms with Gasteiger partial charge in [-0.2, -0.15) is 0 Å². The van der Waals surface area contributed by atoms with Crippen LogP contribution >= 0.6 is 24.8 Å². The number of nitrogens with two attached hydrogens (primary N) is 1. The molecule has 0 bridgehead atoms. The summed E-state index contributed by atoms with van der Waals surface area (Å²) in [6.45, 7) is 2.21. The molecule has 0 atom stereocenters. The standard InChI is InChI=1S/C13H25N3O.2ClH/c1-16(11-4-5-11)9-8-15-12(17)13(10-14)6-2-3-7-13;;/h11H,2-10,14H2,1H3,(H,15,17);2*1H. The van der Waals surface area contributed by atoms with E-state index in [9.17, 15) is 4.79 Å². The highest BCUT2D eigenvalue weighted by Gasteiger charge is 2.39. The predicted octanol–water partition coefficient (Wildman–Crippen LogP) is 1.56. The second-order valence-corrected chi connectivity index (χ2v) is 5.66. The zero-order valence-electron chi connectivity index (χ0n) is 11.7. The van der Waals surface area contributed by atoms with E-state index in [1.807, 2.05) is 0 Å². The summed E-state index contributed by atoms with van der Waals surface area (Å²) >= 11 is 0. The number of nitrogens with one attached hydrogen (secondary N) is 1. The van der Waals surface area contributed by atoms with Gasteiger partial charge in [-0.05, 0) is 32.7 Å². The van der Waals surface area contributed by atoms with Gasteiger partial charge >= 0.3 is 0 Å². The van der Waals surface area contributed by atoms with Gasteiger partial charge in [-0.3, -0.25) is 4.79 Å². The van der Waals surface area contributed by atoms with Gasteiger partial charge in [-0.25, -0.2) is 0 Å². The van der Waals surface area contributed by atoms with E-state index in [-0.39, 0.29) is 36.1 Å². The van der Waals surface area contributed by atoms with Gasteiger partial charge in [-0.15, -0.1) is 24.8 Å². The zero-order valence-corrected chi connectivity index (χ0v) is 13.3. The Morgan fingerprint density at radius 3 is 2.37 bits per heavy atom. The Morgan fingerprint density at radius 2 is 1.89 bits per heavy atom. The number of amides is 1. The fourth-order valence-electron chi connectivity index (χ4n) is 2.81. The molecule has 0 radical (unpaired) electrons. The lowest BCUT2D eigenvalue weighted by molar-refractivity contribution is -0.130. The Morgan fingerprint density at radius 1 is 1.32 bits per heavy atom. The molecule has 2 aliphatic rings. The number of hydrogen-bond donors (Lipinski definition) is 2. The minimum Gasteiger partial charge on any atom is -0.354 e. The third-order valence-corrected chi connectivity index (χ3v) is 4.35. The molecule has 0 aromatic carbocycles. The Balaban J connectivity index is 0.00000162. The third kappa shape index (κ3) is 4.78. The van der Waals surface area contributed by atoms with Crippen LogP contribution in [0.3, 0.4) is 0 Å². The maximum absolute atomic E-state index is 12.2. The van der Waals surface area contributed by atoms with Gasteiger partial charge in [0.15, 0.2) is 0 Å². The molecule has 0 spiro atoms. The molecule has 0 aliphatic heterocycles. The van der Waals surface area contributed by atoms with Crippen molar-refractivity contribution in [1.82, 2.24) is 10.2 Å². The first-order valence-corrected chi connectivity index (χ1v) is 6.86. The average Bonchev–Trinajstić information content (AvgIpc) is 3.07. The fourth-order valence-corrected chi connectivity index (χ4v) is 2.81. The van der Waals surface area contributed by atoms with Crippen LogP contribution in [0.4, 0.5) is 0 Å². The van der Waals surface area contributed by atoms with E-state index >= 15 is 0 Å². The molecule has 0 saturated heterocycles. The molecule has 0 aromatic heterocycles. The van der Waals surface area contributed by atoms with Crippen molar-refractivity contribution >= 4 is 30.7 Å². The molecule has 114 valence electrons. The molecule has 0 unspecified atom stereocenters. The van der Waals surface area contributed by atoms with E-state index in [1.165, 1.54) is 12.8 Å². The highest BCUT2D eigenvalue weighted by atomic mass is 35.5. The van der Waals surface area contributed by atoms with E-state index in [2.05, 4.69) is 17.3 Å². The first kappa shape index (κ1) is 19.0. The van der Waals surface area contributed by atoms with E-state index in [4.69, 9.17) is 5.73 Å². The molecule has 2 saturated carbocycles. The van der Waals surface area contributed by atoms with Crippen molar-refractivity contribution in [1.29, 1.82) is 0 Å². The Bertz CT molecular complexity index is 279. The number of rotatable bonds is 6. The third-order valence-electron chi connectivity index (χ3n) is 4.35. The summed E-state index contributed by atoms with van der Waals surface area (Å²) in [7, 11) is 2.14. The minimum absolute atomic E-state index is 0. The van der Waals surface area contributed by atoms with Gasteiger partial charge in [0.2, 0.25) is 5.91 Å². The van der Waals surface area contributed by atoms with Gasteiger partial charge in [-0.1, -0.05) is 12.8 Å². The lowest BCUT2D eigenvalue weighted by atomic mass is 9.85. The lowest BCUT2D eigenvalue weighted by Crippen LogP contribution is -2.46. The summed E-state index contributed by atoms with van der Waals surface area (Å²) in [5.41, 5.74) is 5.54. The van der Waals surface area contributed by atoms with Crippen molar-refractivity contribution in [2.24, 2.45) is 11.1 Å². The van der Waals surface area contributed by atoms with Crippen LogP contribution in [0.2, 0.25) is 0 Å². The monoisotopic (exact) mass is 311 g/mol. The SMILES string of the molecule is CN(CCNC(=O)C1(CN)CCCC1)C1CC1.Cl.Cl. The van der Waals surface area contributed by atoms with Crippen LogP contribution in [0.25, 0.3) is 0 Å². The molecule has 2 fully saturated rings. The van der Waals surface area contributed by atoms with Crippen molar-refractivity contribution in [2.75, 3.05) is 26.7 Å². The zero-order chi connectivity index (χ0) is 12.3. The van der Waals surface area contributed by atoms with E-state index in [0.29, 0.717) is 6.54 Å². The van der Waals surface area contributed by atoms with Gasteiger partial charge in [0.25, 0.3) is 0 Å². The predicted molar refractivity (Wildman–Crippen MR) is 83.1 cm³/mol. The number of hydrogen-bond acceptors (Lipinski definition) is 3. The maximum Gasteiger partial charge on any atom is 0.227 e. The first-order valence-electron chi connectivity index (χ1n) is 6.86. The molecule has 2 aliphatic carbocycles. The van der Waals surface area contributed by atoms with Crippen molar-refractivity contribution in [3.63, 3.8) is 0 Å². The van der Waals surface area contributed by atoms with E-state index in [1.54, 1.807) is 0 Å². The van der Waals surface area contributed by atoms with E-state index in [0.717, 1.165) is 44.8 Å². The molecule has 19 heavy (non-hydrogen) atoms. The summed E-state index contributed by atoms with van der Waals surface area (Å²) in [4.78, 5) is 14.5. The molecule has 3 N–H and O–H groups in total. The Kier molecular flexibility index (Phi) is 8.29. The van der Waals surface area contributed by atoms with E-state index < -0.39 is 0 Å². The maximum atomic E-state index is 12.2. The van der Waals surface area contributed by atoms with Gasteiger partial charge in [0.1, 0.15) is 0 Å². The summed E-state index contributed by atoms with van der Waals surface area (Å²) in [6.07, 6.45) is 6.86. The number of halogens is 2. The number of nitrogens with zero attached hydrogens (tertiary/aromatic N) is 1. The number of carbonyl (C=O) groups is 1. The number of carbonyl (C=O) groups excluding carboxylic acids is 1. The van der Waals surface area contributed by atoms with Crippen molar-refractivity contribution in [2.45, 2.75) is 44.6 Å². The molecule has 4 nitrogen and oxygen atoms in total. The van der Waals surface area contributed by atoms with Crippen LogP contribution in [0.1, 0.15) is 38.5 Å². The lowest BCUT2D eigenvalue weighted by Gasteiger charge is -2.26. The largest absolute Gasteiger partial charge is 0.354 e. The van der Waals surface area contributed by atoms with Crippen LogP contribution in [-0.2, 0) is 4.79 Å². The summed E-state index contributed by atoms with van der Waals surface area (Å²) < 4.78 is 0. The van der Waals surface area contributed by atoms with Crippen LogP contribution in [-0.4, -0.2) is 43.5 Å². The summed E-state index contributed by atoms with van der Waals surface area (Å²) in [5.74, 6) is 0.182. The van der Waals surface area contributed by atoms with Crippen LogP contribution in [0, 0.1) is 5.41 Å². The van der Waals surface area contributed by atoms with Crippen LogP contribution < -0.4 is 11.1 Å². The smallest absolute Gasteiger partial charge is 0.227 e.